The molecule has 156 valence electrons. The van der Waals surface area contributed by atoms with Gasteiger partial charge in [0, 0.05) is 31.8 Å². The van der Waals surface area contributed by atoms with E-state index in [9.17, 15) is 20.0 Å². The van der Waals surface area contributed by atoms with E-state index in [0.29, 0.717) is 6.79 Å². The molecule has 0 bridgehead atoms. The molecule has 2 aliphatic heterocycles. The van der Waals surface area contributed by atoms with Crippen molar-refractivity contribution in [3.8, 4) is 11.5 Å². The van der Waals surface area contributed by atoms with Crippen LogP contribution in [-0.2, 0) is 6.54 Å². The molecule has 1 fully saturated rings. The number of piperazine rings is 1. The number of aromatic carboxylic acids is 1. The summed E-state index contributed by atoms with van der Waals surface area (Å²) in [6.45, 7) is 6.15. The SMILES string of the molecule is O.O=C([O-])c1ccc([N+](=O)[O-])cc1.c1cc2c(cc1CN1CC[NH2+]CC1)OCO2. The standard InChI is InChI=1S/C12H16N2O2.C7H5NO4.H2O/c1-2-11-12(16-9-15-11)7-10(1)8-14-5-3-13-4-6-14;9-7(10)5-1-3-6(4-2-5)8(11)12;/h1-2,7,13H,3-6,8-9H2;1-4H,(H,9,10);1H2. The summed E-state index contributed by atoms with van der Waals surface area (Å²) >= 11 is 0. The van der Waals surface area contributed by atoms with Crippen LogP contribution >= 0.6 is 0 Å². The van der Waals surface area contributed by atoms with E-state index in [2.05, 4.69) is 22.3 Å². The molecule has 0 radical (unpaired) electrons. The molecule has 2 aliphatic rings. The Kier molecular flexibility index (Phi) is 7.89. The monoisotopic (exact) mass is 405 g/mol. The molecular formula is C19H23N3O7. The maximum atomic E-state index is 10.2. The molecule has 2 heterocycles. The van der Waals surface area contributed by atoms with E-state index in [1.807, 2.05) is 6.07 Å². The number of nitrogens with zero attached hydrogens (tertiary/aromatic N) is 2. The topological polar surface area (TPSA) is 153 Å². The molecule has 2 aromatic rings. The molecule has 10 heteroatoms. The predicted molar refractivity (Wildman–Crippen MR) is 101 cm³/mol. The zero-order valence-corrected chi connectivity index (χ0v) is 15.7. The zero-order chi connectivity index (χ0) is 19.9. The van der Waals surface area contributed by atoms with Gasteiger partial charge in [-0.3, -0.25) is 15.0 Å². The number of ether oxygens (including phenoxy) is 2. The normalized spacial score (nSPS) is 14.9. The van der Waals surface area contributed by atoms with E-state index in [4.69, 9.17) is 9.47 Å². The van der Waals surface area contributed by atoms with Crippen LogP contribution in [0, 0.1) is 10.1 Å². The first kappa shape index (κ1) is 22.1. The molecule has 2 aromatic carbocycles. The molecule has 4 N–H and O–H groups in total. The van der Waals surface area contributed by atoms with Crippen LogP contribution in [0.4, 0.5) is 5.69 Å². The van der Waals surface area contributed by atoms with Crippen LogP contribution < -0.4 is 19.9 Å². The Morgan fingerprint density at radius 2 is 1.72 bits per heavy atom. The number of benzene rings is 2. The van der Waals surface area contributed by atoms with Gasteiger partial charge in [-0.25, -0.2) is 0 Å². The molecule has 0 amide bonds. The zero-order valence-electron chi connectivity index (χ0n) is 15.7. The number of nitro benzene ring substituents is 1. The lowest BCUT2D eigenvalue weighted by molar-refractivity contribution is -0.663. The highest BCUT2D eigenvalue weighted by atomic mass is 16.7. The minimum atomic E-state index is -1.34. The molecule has 4 rings (SSSR count). The van der Waals surface area contributed by atoms with E-state index in [1.54, 1.807) is 0 Å². The average molecular weight is 405 g/mol. The predicted octanol–water partition coefficient (Wildman–Crippen LogP) is -1.07. The Morgan fingerprint density at radius 3 is 2.34 bits per heavy atom. The maximum absolute atomic E-state index is 10.2. The van der Waals surface area contributed by atoms with Crippen molar-refractivity contribution in [3.05, 3.63) is 63.7 Å². The van der Waals surface area contributed by atoms with Gasteiger partial charge in [0.25, 0.3) is 5.69 Å². The highest BCUT2D eigenvalue weighted by molar-refractivity contribution is 5.85. The van der Waals surface area contributed by atoms with Crippen LogP contribution in [0.1, 0.15) is 15.9 Å². The van der Waals surface area contributed by atoms with E-state index in [0.717, 1.165) is 42.3 Å². The van der Waals surface area contributed by atoms with E-state index >= 15 is 0 Å². The lowest BCUT2D eigenvalue weighted by atomic mass is 10.2. The second kappa shape index (κ2) is 10.4. The van der Waals surface area contributed by atoms with Crippen LogP contribution in [0.15, 0.2) is 42.5 Å². The lowest BCUT2D eigenvalue weighted by Gasteiger charge is -2.24. The number of carboxylic acid groups (broad SMARTS) is 1. The maximum Gasteiger partial charge on any atom is 0.269 e. The van der Waals surface area contributed by atoms with Crippen molar-refractivity contribution in [2.24, 2.45) is 0 Å². The van der Waals surface area contributed by atoms with Gasteiger partial charge in [0.15, 0.2) is 11.5 Å². The molecule has 0 aliphatic carbocycles. The minimum Gasteiger partial charge on any atom is -0.545 e. The molecule has 10 nitrogen and oxygen atoms in total. The number of rotatable bonds is 4. The summed E-state index contributed by atoms with van der Waals surface area (Å²) in [5.74, 6) is 0.418. The third kappa shape index (κ3) is 6.14. The molecule has 0 aromatic heterocycles. The highest BCUT2D eigenvalue weighted by Gasteiger charge is 2.16. The van der Waals surface area contributed by atoms with Gasteiger partial charge < -0.3 is 30.2 Å². The van der Waals surface area contributed by atoms with Gasteiger partial charge >= 0.3 is 0 Å². The second-order valence-corrected chi connectivity index (χ2v) is 6.42. The van der Waals surface area contributed by atoms with Gasteiger partial charge in [-0.15, -0.1) is 0 Å². The number of carbonyl (C=O) groups is 1. The number of non-ortho nitro benzene ring substituents is 1. The number of carbonyl (C=O) groups excluding carboxylic acids is 1. The first-order valence-electron chi connectivity index (χ1n) is 8.91. The minimum absolute atomic E-state index is 0. The summed E-state index contributed by atoms with van der Waals surface area (Å²) in [6.07, 6.45) is 0. The van der Waals surface area contributed by atoms with Crippen molar-refractivity contribution in [3.63, 3.8) is 0 Å². The van der Waals surface area contributed by atoms with Gasteiger partial charge in [-0.1, -0.05) is 6.07 Å². The number of hydrogen-bond donors (Lipinski definition) is 1. The average Bonchev–Trinajstić information content (AvgIpc) is 3.17. The van der Waals surface area contributed by atoms with Gasteiger partial charge in [-0.05, 0) is 35.4 Å². The van der Waals surface area contributed by atoms with Crippen LogP contribution in [0.2, 0.25) is 0 Å². The Morgan fingerprint density at radius 1 is 1.07 bits per heavy atom. The van der Waals surface area contributed by atoms with Crippen molar-refractivity contribution in [1.82, 2.24) is 4.90 Å². The molecule has 0 atom stereocenters. The summed E-state index contributed by atoms with van der Waals surface area (Å²) < 4.78 is 10.7. The lowest BCUT2D eigenvalue weighted by Crippen LogP contribution is -2.89. The fourth-order valence-electron chi connectivity index (χ4n) is 2.98. The molecular weight excluding hydrogens is 382 g/mol. The quantitative estimate of drug-likeness (QED) is 0.502. The molecule has 0 unspecified atom stereocenters. The first-order chi connectivity index (χ1) is 13.5. The van der Waals surface area contributed by atoms with Gasteiger partial charge in [0.05, 0.1) is 24.0 Å². The summed E-state index contributed by atoms with van der Waals surface area (Å²) in [6, 6.07) is 10.7. The number of carboxylic acids is 1. The summed E-state index contributed by atoms with van der Waals surface area (Å²) in [4.78, 5) is 22.2. The number of quaternary nitrogens is 1. The van der Waals surface area contributed by atoms with Crippen molar-refractivity contribution >= 4 is 11.7 Å². The first-order valence-corrected chi connectivity index (χ1v) is 8.91. The summed E-state index contributed by atoms with van der Waals surface area (Å²) in [7, 11) is 0. The highest BCUT2D eigenvalue weighted by Crippen LogP contribution is 2.32. The molecule has 1 saturated heterocycles. The smallest absolute Gasteiger partial charge is 0.269 e. The van der Waals surface area contributed by atoms with Crippen molar-refractivity contribution < 1.29 is 35.1 Å². The van der Waals surface area contributed by atoms with E-state index in [-0.39, 0.29) is 16.7 Å². The van der Waals surface area contributed by atoms with Gasteiger partial charge in [0.2, 0.25) is 6.79 Å². The Balaban J connectivity index is 0.000000209. The Labute approximate surface area is 167 Å². The number of hydrogen-bond acceptors (Lipinski definition) is 7. The Hall–Kier alpha value is -3.21. The van der Waals surface area contributed by atoms with Crippen LogP contribution in [0.25, 0.3) is 0 Å². The van der Waals surface area contributed by atoms with Crippen LogP contribution in [0.3, 0.4) is 0 Å². The number of nitro groups is 1. The Bertz CT molecular complexity index is 803. The molecule has 0 saturated carbocycles. The largest absolute Gasteiger partial charge is 0.545 e. The van der Waals surface area contributed by atoms with E-state index in [1.165, 1.54) is 31.7 Å². The fourth-order valence-corrected chi connectivity index (χ4v) is 2.98. The van der Waals surface area contributed by atoms with E-state index < -0.39 is 10.9 Å². The fraction of sp³-hybridized carbons (Fsp3) is 0.316. The van der Waals surface area contributed by atoms with Crippen LogP contribution in [0.5, 0.6) is 11.5 Å². The summed E-state index contributed by atoms with van der Waals surface area (Å²) in [5, 5.41) is 22.7. The van der Waals surface area contributed by atoms with Crippen molar-refractivity contribution in [2.75, 3.05) is 33.0 Å². The van der Waals surface area contributed by atoms with Crippen molar-refractivity contribution in [1.29, 1.82) is 0 Å². The summed E-state index contributed by atoms with van der Waals surface area (Å²) in [5.41, 5.74) is 1.10. The second-order valence-electron chi connectivity index (χ2n) is 6.42. The van der Waals surface area contributed by atoms with Crippen molar-refractivity contribution in [2.45, 2.75) is 6.54 Å². The third-order valence-corrected chi connectivity index (χ3v) is 4.46. The number of nitrogens with two attached hydrogens (primary N) is 1. The molecule has 0 spiro atoms. The third-order valence-electron chi connectivity index (χ3n) is 4.46. The molecule has 29 heavy (non-hydrogen) atoms. The van der Waals surface area contributed by atoms with Crippen LogP contribution in [-0.4, -0.2) is 54.2 Å². The van der Waals surface area contributed by atoms with Gasteiger partial charge in [-0.2, -0.15) is 0 Å². The van der Waals surface area contributed by atoms with Gasteiger partial charge in [0.1, 0.15) is 0 Å². The number of fused-ring (bicyclic) bond motifs is 1.